The number of hydrogen-bond donors (Lipinski definition) is 2. The molecule has 0 spiro atoms. The molecular weight excluding hydrogens is 350 g/mol. The molecule has 0 aliphatic heterocycles. The maximum absolute atomic E-state index is 12.5. The minimum atomic E-state index is -1.08. The van der Waals surface area contributed by atoms with Crippen LogP contribution >= 0.6 is 0 Å². The molecule has 1 aromatic carbocycles. The maximum Gasteiger partial charge on any atom is 0.339 e. The molecule has 0 aliphatic rings. The standard InChI is InChI=1S/C19H19N3O5/c1-11-4-3-5-14-17(11)21-10-22(18(14)24)7-6-16(23)20-9-13-8-15(19(25)26)12(2)27-13/h3-5,8,10H,6-7,9H2,1-2H3,(H,20,23)(H,25,26). The number of aromatic carboxylic acids is 1. The van der Waals surface area contributed by atoms with Gasteiger partial charge in [0.15, 0.2) is 0 Å². The lowest BCUT2D eigenvalue weighted by molar-refractivity contribution is -0.121. The van der Waals surface area contributed by atoms with Crippen LogP contribution in [0.2, 0.25) is 0 Å². The van der Waals surface area contributed by atoms with Crippen molar-refractivity contribution < 1.29 is 19.1 Å². The normalized spacial score (nSPS) is 10.9. The molecule has 0 fully saturated rings. The Morgan fingerprint density at radius 1 is 1.30 bits per heavy atom. The van der Waals surface area contributed by atoms with Crippen molar-refractivity contribution in [3.63, 3.8) is 0 Å². The molecule has 3 aromatic rings. The Balaban J connectivity index is 1.62. The summed E-state index contributed by atoms with van der Waals surface area (Å²) >= 11 is 0. The third-order valence-electron chi connectivity index (χ3n) is 4.29. The van der Waals surface area contributed by atoms with Crippen molar-refractivity contribution in [1.29, 1.82) is 0 Å². The third-order valence-corrected chi connectivity index (χ3v) is 4.29. The van der Waals surface area contributed by atoms with Crippen LogP contribution in [0.3, 0.4) is 0 Å². The summed E-state index contributed by atoms with van der Waals surface area (Å²) in [5, 5.41) is 12.2. The number of hydrogen-bond acceptors (Lipinski definition) is 5. The number of amides is 1. The van der Waals surface area contributed by atoms with E-state index in [2.05, 4.69) is 10.3 Å². The molecule has 0 radical (unpaired) electrons. The number of carboxylic acids is 1. The monoisotopic (exact) mass is 369 g/mol. The summed E-state index contributed by atoms with van der Waals surface area (Å²) in [5.41, 5.74) is 1.46. The number of furan rings is 1. The van der Waals surface area contributed by atoms with Gasteiger partial charge in [0.05, 0.1) is 23.8 Å². The Labute approximate surface area is 154 Å². The van der Waals surface area contributed by atoms with Crippen molar-refractivity contribution in [3.05, 3.63) is 63.6 Å². The number of rotatable bonds is 6. The van der Waals surface area contributed by atoms with E-state index in [4.69, 9.17) is 9.52 Å². The summed E-state index contributed by atoms with van der Waals surface area (Å²) in [6.07, 6.45) is 1.53. The number of fused-ring (bicyclic) bond motifs is 1. The minimum absolute atomic E-state index is 0.0725. The number of carboxylic acid groups (broad SMARTS) is 1. The first-order valence-electron chi connectivity index (χ1n) is 8.41. The maximum atomic E-state index is 12.5. The predicted octanol–water partition coefficient (Wildman–Crippen LogP) is 2.01. The SMILES string of the molecule is Cc1oc(CNC(=O)CCn2cnc3c(C)cccc3c2=O)cc1C(=O)O. The molecule has 2 heterocycles. The average Bonchev–Trinajstić information content (AvgIpc) is 3.01. The lowest BCUT2D eigenvalue weighted by Gasteiger charge is -2.08. The number of benzene rings is 1. The van der Waals surface area contributed by atoms with E-state index in [-0.39, 0.29) is 42.3 Å². The highest BCUT2D eigenvalue weighted by Gasteiger charge is 2.14. The smallest absolute Gasteiger partial charge is 0.339 e. The van der Waals surface area contributed by atoms with Gasteiger partial charge in [-0.15, -0.1) is 0 Å². The number of para-hydroxylation sites is 1. The van der Waals surface area contributed by atoms with Crippen LogP contribution in [0.25, 0.3) is 10.9 Å². The molecule has 140 valence electrons. The van der Waals surface area contributed by atoms with E-state index in [1.165, 1.54) is 17.0 Å². The van der Waals surface area contributed by atoms with Crippen LogP contribution in [0.15, 0.2) is 39.8 Å². The zero-order chi connectivity index (χ0) is 19.6. The van der Waals surface area contributed by atoms with Crippen molar-refractivity contribution >= 4 is 22.8 Å². The zero-order valence-corrected chi connectivity index (χ0v) is 15.0. The van der Waals surface area contributed by atoms with Crippen molar-refractivity contribution in [2.75, 3.05) is 0 Å². The Morgan fingerprint density at radius 2 is 2.07 bits per heavy atom. The largest absolute Gasteiger partial charge is 0.478 e. The van der Waals surface area contributed by atoms with Gasteiger partial charge in [-0.3, -0.25) is 14.2 Å². The molecule has 8 nitrogen and oxygen atoms in total. The van der Waals surface area contributed by atoms with Gasteiger partial charge in [0.1, 0.15) is 17.1 Å². The first-order chi connectivity index (χ1) is 12.9. The van der Waals surface area contributed by atoms with Crippen LogP contribution in [0.4, 0.5) is 0 Å². The molecule has 0 aliphatic carbocycles. The molecular formula is C19H19N3O5. The quantitative estimate of drug-likeness (QED) is 0.687. The van der Waals surface area contributed by atoms with E-state index in [1.807, 2.05) is 13.0 Å². The Kier molecular flexibility index (Phi) is 5.07. The lowest BCUT2D eigenvalue weighted by Crippen LogP contribution is -2.27. The summed E-state index contributed by atoms with van der Waals surface area (Å²) in [6, 6.07) is 6.79. The van der Waals surface area contributed by atoms with Crippen molar-refractivity contribution in [2.24, 2.45) is 0 Å². The topological polar surface area (TPSA) is 114 Å². The van der Waals surface area contributed by atoms with Crippen LogP contribution in [-0.4, -0.2) is 26.5 Å². The lowest BCUT2D eigenvalue weighted by atomic mass is 10.1. The number of carbonyl (C=O) groups is 2. The number of carbonyl (C=O) groups excluding carboxylic acids is 1. The third kappa shape index (κ3) is 3.89. The van der Waals surface area contributed by atoms with E-state index in [9.17, 15) is 14.4 Å². The zero-order valence-electron chi connectivity index (χ0n) is 15.0. The molecule has 2 N–H and O–H groups in total. The molecule has 3 rings (SSSR count). The van der Waals surface area contributed by atoms with Gasteiger partial charge in [0, 0.05) is 13.0 Å². The van der Waals surface area contributed by atoms with Gasteiger partial charge in [-0.05, 0) is 31.5 Å². The fourth-order valence-electron chi connectivity index (χ4n) is 2.84. The van der Waals surface area contributed by atoms with Gasteiger partial charge in [-0.1, -0.05) is 12.1 Å². The van der Waals surface area contributed by atoms with Gasteiger partial charge in [0.2, 0.25) is 5.91 Å². The van der Waals surface area contributed by atoms with Crippen LogP contribution in [-0.2, 0) is 17.9 Å². The van der Waals surface area contributed by atoms with Crippen LogP contribution in [0.5, 0.6) is 0 Å². The van der Waals surface area contributed by atoms with Crippen LogP contribution < -0.4 is 10.9 Å². The number of nitrogens with zero attached hydrogens (tertiary/aromatic N) is 2. The first-order valence-corrected chi connectivity index (χ1v) is 8.41. The molecule has 0 bridgehead atoms. The second kappa shape index (κ2) is 7.45. The molecule has 0 atom stereocenters. The molecule has 0 unspecified atom stereocenters. The number of nitrogens with one attached hydrogen (secondary N) is 1. The highest BCUT2D eigenvalue weighted by molar-refractivity contribution is 5.88. The van der Waals surface area contributed by atoms with E-state index in [1.54, 1.807) is 19.1 Å². The molecule has 0 saturated carbocycles. The minimum Gasteiger partial charge on any atom is -0.478 e. The molecule has 27 heavy (non-hydrogen) atoms. The first kappa shape index (κ1) is 18.4. The van der Waals surface area contributed by atoms with E-state index >= 15 is 0 Å². The second-order valence-electron chi connectivity index (χ2n) is 6.23. The average molecular weight is 369 g/mol. The fourth-order valence-corrected chi connectivity index (χ4v) is 2.84. The second-order valence-corrected chi connectivity index (χ2v) is 6.23. The van der Waals surface area contributed by atoms with Crippen molar-refractivity contribution in [1.82, 2.24) is 14.9 Å². The summed E-state index contributed by atoms with van der Waals surface area (Å²) in [5.74, 6) is -0.710. The molecule has 8 heteroatoms. The fraction of sp³-hybridized carbons (Fsp3) is 0.263. The molecule has 0 saturated heterocycles. The van der Waals surface area contributed by atoms with Crippen LogP contribution in [0, 0.1) is 13.8 Å². The van der Waals surface area contributed by atoms with E-state index in [0.717, 1.165) is 5.56 Å². The van der Waals surface area contributed by atoms with Gasteiger partial charge in [0.25, 0.3) is 5.56 Å². The van der Waals surface area contributed by atoms with Gasteiger partial charge >= 0.3 is 5.97 Å². The van der Waals surface area contributed by atoms with Crippen molar-refractivity contribution in [3.8, 4) is 0 Å². The molecule has 2 aromatic heterocycles. The molecule has 1 amide bonds. The summed E-state index contributed by atoms with van der Waals surface area (Å²) in [6.45, 7) is 3.71. The predicted molar refractivity (Wildman–Crippen MR) is 97.6 cm³/mol. The summed E-state index contributed by atoms with van der Waals surface area (Å²) in [7, 11) is 0. The van der Waals surface area contributed by atoms with Crippen molar-refractivity contribution in [2.45, 2.75) is 33.4 Å². The highest BCUT2D eigenvalue weighted by atomic mass is 16.4. The highest BCUT2D eigenvalue weighted by Crippen LogP contribution is 2.14. The van der Waals surface area contributed by atoms with E-state index in [0.29, 0.717) is 16.7 Å². The Bertz CT molecular complexity index is 1080. The Hall–Kier alpha value is -3.42. The summed E-state index contributed by atoms with van der Waals surface area (Å²) in [4.78, 5) is 39.8. The number of aromatic nitrogens is 2. The van der Waals surface area contributed by atoms with Crippen LogP contribution in [0.1, 0.15) is 33.9 Å². The number of aryl methyl sites for hydroxylation is 3. The Morgan fingerprint density at radius 3 is 2.78 bits per heavy atom. The van der Waals surface area contributed by atoms with E-state index < -0.39 is 5.97 Å². The van der Waals surface area contributed by atoms with Gasteiger partial charge in [-0.25, -0.2) is 9.78 Å². The van der Waals surface area contributed by atoms with Gasteiger partial charge in [-0.2, -0.15) is 0 Å². The summed E-state index contributed by atoms with van der Waals surface area (Å²) < 4.78 is 6.71. The van der Waals surface area contributed by atoms with Gasteiger partial charge < -0.3 is 14.8 Å².